The highest BCUT2D eigenvalue weighted by molar-refractivity contribution is 5.86. The molecule has 0 heterocycles. The molecule has 1 aromatic carbocycles. The number of hydrogen-bond acceptors (Lipinski definition) is 2. The van der Waals surface area contributed by atoms with Crippen LogP contribution in [0.3, 0.4) is 0 Å². The molecule has 0 radical (unpaired) electrons. The molecular formula is C15H17NO3. The lowest BCUT2D eigenvalue weighted by molar-refractivity contribution is -0.142. The quantitative estimate of drug-likeness (QED) is 0.788. The first-order valence-corrected chi connectivity index (χ1v) is 6.32. The average Bonchev–Trinajstić information content (AvgIpc) is 2.81. The summed E-state index contributed by atoms with van der Waals surface area (Å²) in [6.07, 6.45) is 3.11. The van der Waals surface area contributed by atoms with Crippen LogP contribution in [0.4, 0.5) is 0 Å². The van der Waals surface area contributed by atoms with E-state index in [9.17, 15) is 9.59 Å². The van der Waals surface area contributed by atoms with Gasteiger partial charge in [0.2, 0.25) is 5.91 Å². The normalized spacial score (nSPS) is 15.6. The fourth-order valence-corrected chi connectivity index (χ4v) is 2.42. The van der Waals surface area contributed by atoms with Crippen molar-refractivity contribution >= 4 is 11.9 Å². The predicted molar refractivity (Wildman–Crippen MR) is 71.7 cm³/mol. The number of benzene rings is 1. The van der Waals surface area contributed by atoms with Crippen LogP contribution in [-0.4, -0.2) is 23.0 Å². The monoisotopic (exact) mass is 259 g/mol. The van der Waals surface area contributed by atoms with E-state index in [1.165, 1.54) is 17.2 Å². The van der Waals surface area contributed by atoms with Gasteiger partial charge in [0.05, 0.1) is 0 Å². The third-order valence-electron chi connectivity index (χ3n) is 3.44. The fraction of sp³-hybridized carbons (Fsp3) is 0.333. The van der Waals surface area contributed by atoms with E-state index in [0.717, 1.165) is 0 Å². The van der Waals surface area contributed by atoms with Gasteiger partial charge in [0.1, 0.15) is 6.04 Å². The van der Waals surface area contributed by atoms with Crippen molar-refractivity contribution in [2.24, 2.45) is 5.92 Å². The maximum absolute atomic E-state index is 12.1. The number of hydrogen-bond donors (Lipinski definition) is 2. The Hall–Kier alpha value is -2.10. The van der Waals surface area contributed by atoms with E-state index in [1.54, 1.807) is 0 Å². The molecule has 0 aliphatic heterocycles. The number of fused-ring (bicyclic) bond motifs is 1. The van der Waals surface area contributed by atoms with Crippen LogP contribution < -0.4 is 5.32 Å². The Labute approximate surface area is 112 Å². The predicted octanol–water partition coefficient (Wildman–Crippen LogP) is 1.55. The van der Waals surface area contributed by atoms with Crippen LogP contribution in [0.1, 0.15) is 17.5 Å². The fourth-order valence-electron chi connectivity index (χ4n) is 2.42. The van der Waals surface area contributed by atoms with Crippen LogP contribution >= 0.6 is 0 Å². The second-order valence-electron chi connectivity index (χ2n) is 4.80. The molecule has 4 nitrogen and oxygen atoms in total. The van der Waals surface area contributed by atoms with Crippen molar-refractivity contribution < 1.29 is 14.7 Å². The van der Waals surface area contributed by atoms with Gasteiger partial charge in [-0.05, 0) is 30.4 Å². The van der Waals surface area contributed by atoms with E-state index < -0.39 is 12.0 Å². The summed E-state index contributed by atoms with van der Waals surface area (Å²) in [5.74, 6) is -1.38. The van der Waals surface area contributed by atoms with Crippen molar-refractivity contribution in [1.29, 1.82) is 0 Å². The molecular weight excluding hydrogens is 242 g/mol. The maximum atomic E-state index is 12.1. The molecule has 2 N–H and O–H groups in total. The minimum atomic E-state index is -1.02. The number of carboxylic acid groups (broad SMARTS) is 1. The average molecular weight is 259 g/mol. The lowest BCUT2D eigenvalue weighted by atomic mass is 10.0. The molecule has 1 unspecified atom stereocenters. The van der Waals surface area contributed by atoms with E-state index in [2.05, 4.69) is 11.9 Å². The third kappa shape index (κ3) is 3.02. The molecule has 1 amide bonds. The van der Waals surface area contributed by atoms with Crippen molar-refractivity contribution in [3.8, 4) is 0 Å². The van der Waals surface area contributed by atoms with Gasteiger partial charge >= 0.3 is 5.97 Å². The summed E-state index contributed by atoms with van der Waals surface area (Å²) in [6.45, 7) is 3.51. The van der Waals surface area contributed by atoms with Crippen molar-refractivity contribution in [2.45, 2.75) is 25.3 Å². The minimum Gasteiger partial charge on any atom is -0.480 e. The van der Waals surface area contributed by atoms with Crippen LogP contribution in [0.15, 0.2) is 36.9 Å². The zero-order chi connectivity index (χ0) is 13.8. The van der Waals surface area contributed by atoms with Gasteiger partial charge in [0, 0.05) is 5.92 Å². The van der Waals surface area contributed by atoms with Crippen LogP contribution in [-0.2, 0) is 22.4 Å². The van der Waals surface area contributed by atoms with E-state index in [0.29, 0.717) is 12.8 Å². The standard InChI is InChI=1S/C15H17NO3/c1-2-5-13(15(18)19)16-14(17)12-8-10-6-3-4-7-11(10)9-12/h2-4,6-7,12-13H,1,5,8-9H2,(H,16,17)(H,18,19). The Morgan fingerprint density at radius 1 is 1.37 bits per heavy atom. The van der Waals surface area contributed by atoms with Crippen LogP contribution in [0, 0.1) is 5.92 Å². The zero-order valence-corrected chi connectivity index (χ0v) is 10.6. The van der Waals surface area contributed by atoms with Gasteiger partial charge in [0.15, 0.2) is 0 Å². The van der Waals surface area contributed by atoms with Gasteiger partial charge in [-0.15, -0.1) is 6.58 Å². The first-order valence-electron chi connectivity index (χ1n) is 6.32. The van der Waals surface area contributed by atoms with Crippen molar-refractivity contribution in [2.75, 3.05) is 0 Å². The van der Waals surface area contributed by atoms with E-state index >= 15 is 0 Å². The number of carbonyl (C=O) groups excluding carboxylic acids is 1. The first-order chi connectivity index (χ1) is 9.11. The highest BCUT2D eigenvalue weighted by Crippen LogP contribution is 2.26. The number of carboxylic acids is 1. The molecule has 1 atom stereocenters. The third-order valence-corrected chi connectivity index (χ3v) is 3.44. The summed E-state index contributed by atoms with van der Waals surface area (Å²) < 4.78 is 0. The number of amides is 1. The highest BCUT2D eigenvalue weighted by atomic mass is 16.4. The molecule has 1 aromatic rings. The summed E-state index contributed by atoms with van der Waals surface area (Å²) in [5, 5.41) is 11.6. The highest BCUT2D eigenvalue weighted by Gasteiger charge is 2.29. The number of aliphatic carboxylic acids is 1. The Morgan fingerprint density at radius 2 is 1.95 bits per heavy atom. The Morgan fingerprint density at radius 3 is 2.42 bits per heavy atom. The lowest BCUT2D eigenvalue weighted by Gasteiger charge is -2.15. The summed E-state index contributed by atoms with van der Waals surface area (Å²) in [6, 6.07) is 7.06. The Bertz CT molecular complexity index is 485. The van der Waals surface area contributed by atoms with Crippen molar-refractivity contribution in [3.05, 3.63) is 48.0 Å². The maximum Gasteiger partial charge on any atom is 0.326 e. The summed E-state index contributed by atoms with van der Waals surface area (Å²) in [5.41, 5.74) is 2.36. The van der Waals surface area contributed by atoms with E-state index in [4.69, 9.17) is 5.11 Å². The molecule has 0 spiro atoms. The molecule has 0 bridgehead atoms. The second-order valence-corrected chi connectivity index (χ2v) is 4.80. The molecule has 4 heteroatoms. The molecule has 100 valence electrons. The van der Waals surface area contributed by atoms with Gasteiger partial charge in [-0.3, -0.25) is 4.79 Å². The van der Waals surface area contributed by atoms with Crippen molar-refractivity contribution in [1.82, 2.24) is 5.32 Å². The van der Waals surface area contributed by atoms with Gasteiger partial charge in [-0.1, -0.05) is 30.3 Å². The van der Waals surface area contributed by atoms with E-state index in [-0.39, 0.29) is 18.2 Å². The Balaban J connectivity index is 1.99. The van der Waals surface area contributed by atoms with Gasteiger partial charge in [-0.2, -0.15) is 0 Å². The van der Waals surface area contributed by atoms with Crippen LogP contribution in [0.5, 0.6) is 0 Å². The number of rotatable bonds is 5. The Kier molecular flexibility index (Phi) is 4.00. The molecule has 1 aliphatic carbocycles. The SMILES string of the molecule is C=CCC(NC(=O)C1Cc2ccccc2C1)C(=O)O. The summed E-state index contributed by atoms with van der Waals surface area (Å²) >= 11 is 0. The second kappa shape index (κ2) is 5.69. The van der Waals surface area contributed by atoms with Crippen molar-refractivity contribution in [3.63, 3.8) is 0 Å². The topological polar surface area (TPSA) is 66.4 Å². The smallest absolute Gasteiger partial charge is 0.326 e. The van der Waals surface area contributed by atoms with E-state index in [1.807, 2.05) is 24.3 Å². The molecule has 1 aliphatic rings. The minimum absolute atomic E-state index is 0.163. The molecule has 19 heavy (non-hydrogen) atoms. The number of carbonyl (C=O) groups is 2. The van der Waals surface area contributed by atoms with Crippen LogP contribution in [0.25, 0.3) is 0 Å². The first kappa shape index (κ1) is 13.3. The lowest BCUT2D eigenvalue weighted by Crippen LogP contribution is -2.43. The van der Waals surface area contributed by atoms with Gasteiger partial charge < -0.3 is 10.4 Å². The van der Waals surface area contributed by atoms with Gasteiger partial charge in [0.25, 0.3) is 0 Å². The summed E-state index contributed by atoms with van der Waals surface area (Å²) in [4.78, 5) is 23.1. The zero-order valence-electron chi connectivity index (χ0n) is 10.6. The van der Waals surface area contributed by atoms with Gasteiger partial charge in [-0.25, -0.2) is 4.79 Å². The molecule has 2 rings (SSSR count). The number of nitrogens with one attached hydrogen (secondary N) is 1. The molecule has 0 saturated heterocycles. The van der Waals surface area contributed by atoms with Crippen LogP contribution in [0.2, 0.25) is 0 Å². The molecule has 0 saturated carbocycles. The summed E-state index contributed by atoms with van der Waals surface area (Å²) in [7, 11) is 0. The molecule has 0 fully saturated rings. The molecule has 0 aromatic heterocycles. The largest absolute Gasteiger partial charge is 0.480 e.